The van der Waals surface area contributed by atoms with Crippen LogP contribution in [0.4, 0.5) is 38.0 Å². The van der Waals surface area contributed by atoms with Crippen LogP contribution in [0.15, 0.2) is 92.8 Å². The summed E-state index contributed by atoms with van der Waals surface area (Å²) in [6.07, 6.45) is -3.90. The number of anilines is 2. The molecule has 6 N–H and O–H groups in total. The summed E-state index contributed by atoms with van der Waals surface area (Å²) >= 11 is 0. The Balaban J connectivity index is 0.000000183. The Morgan fingerprint density at radius 2 is 1.13 bits per heavy atom. The number of carboxylic acid groups (broad SMARTS) is 1. The Morgan fingerprint density at radius 3 is 1.58 bits per heavy atom. The monoisotopic (exact) mass is 936 g/mol. The van der Waals surface area contributed by atoms with Gasteiger partial charge in [-0.25, -0.2) is 29.5 Å². The van der Waals surface area contributed by atoms with Gasteiger partial charge in [0.25, 0.3) is 11.1 Å². The highest BCUT2D eigenvalue weighted by molar-refractivity contribution is 5.90. The Labute approximate surface area is 369 Å². The average molecular weight is 937 g/mol. The molecule has 348 valence electrons. The molecule has 0 saturated heterocycles. The van der Waals surface area contributed by atoms with Gasteiger partial charge in [0.2, 0.25) is 5.91 Å². The predicted octanol–water partition coefficient (Wildman–Crippen LogP) is 3.41. The quantitative estimate of drug-likeness (QED) is 0.143. The van der Waals surface area contributed by atoms with Gasteiger partial charge in [0.15, 0.2) is 22.3 Å². The molecule has 21 nitrogen and oxygen atoms in total. The van der Waals surface area contributed by atoms with Gasteiger partial charge >= 0.3 is 29.7 Å². The lowest BCUT2D eigenvalue weighted by Gasteiger charge is -2.12. The molecule has 8 heterocycles. The summed E-state index contributed by atoms with van der Waals surface area (Å²) in [5.41, 5.74) is 2.47. The number of nitrogens with one attached hydrogen (secondary N) is 3. The lowest BCUT2D eigenvalue weighted by molar-refractivity contribution is -0.139. The number of alkyl halides is 6. The van der Waals surface area contributed by atoms with Gasteiger partial charge in [0.05, 0.1) is 35.2 Å². The number of aromatic nitrogens is 12. The second kappa shape index (κ2) is 18.7. The second-order valence-corrected chi connectivity index (χ2v) is 14.2. The lowest BCUT2D eigenvalue weighted by Crippen LogP contribution is -2.30. The molecule has 0 saturated carbocycles. The number of nitrogens with two attached hydrogens (primary N) is 1. The molecule has 0 aliphatic rings. The number of nitrogen functional groups attached to an aromatic ring is 1. The van der Waals surface area contributed by atoms with Gasteiger partial charge in [-0.05, 0) is 50.2 Å². The third-order valence-electron chi connectivity index (χ3n) is 9.54. The Kier molecular flexibility index (Phi) is 13.3. The topological polar surface area (TPSA) is 289 Å². The summed E-state index contributed by atoms with van der Waals surface area (Å²) in [5.74, 6) is -1.31. The number of aromatic amines is 2. The van der Waals surface area contributed by atoms with Gasteiger partial charge in [-0.2, -0.15) is 26.3 Å². The maximum Gasteiger partial charge on any atom is 0.418 e. The first-order valence-corrected chi connectivity index (χ1v) is 19.0. The molecule has 0 bridgehead atoms. The van der Waals surface area contributed by atoms with Crippen molar-refractivity contribution < 1.29 is 41.0 Å². The van der Waals surface area contributed by atoms with Gasteiger partial charge < -0.3 is 25.3 Å². The van der Waals surface area contributed by atoms with Crippen molar-refractivity contribution in [1.82, 2.24) is 58.1 Å². The van der Waals surface area contributed by atoms with E-state index in [4.69, 9.17) is 10.8 Å². The number of hydrogen-bond donors (Lipinski definition) is 5. The molecule has 0 radical (unpaired) electrons. The second-order valence-electron chi connectivity index (χ2n) is 14.2. The number of carbonyl (C=O) groups is 2. The number of H-pyrrole nitrogens is 2. The summed E-state index contributed by atoms with van der Waals surface area (Å²) in [6, 6.07) is 11.2. The first kappa shape index (κ1) is 47.7. The molecular formula is C40H34F6N14O7. The van der Waals surface area contributed by atoms with Gasteiger partial charge in [-0.1, -0.05) is 12.1 Å². The lowest BCUT2D eigenvalue weighted by atomic mass is 10.1. The van der Waals surface area contributed by atoms with Crippen molar-refractivity contribution in [2.24, 2.45) is 14.1 Å². The van der Waals surface area contributed by atoms with Crippen LogP contribution in [0, 0.1) is 13.8 Å². The fourth-order valence-corrected chi connectivity index (χ4v) is 6.29. The Hall–Kier alpha value is -8.78. The van der Waals surface area contributed by atoms with Crippen LogP contribution in [0.25, 0.3) is 44.8 Å². The number of imidazole rings is 2. The number of aryl methyl sites for hydroxylation is 4. The number of nitrogens with zero attached hydrogens (tertiary/aromatic N) is 10. The van der Waals surface area contributed by atoms with E-state index in [-0.39, 0.29) is 69.7 Å². The molecule has 8 rings (SSSR count). The maximum absolute atomic E-state index is 13.2. The van der Waals surface area contributed by atoms with E-state index in [1.165, 1.54) is 80.3 Å². The summed E-state index contributed by atoms with van der Waals surface area (Å²) in [7, 11) is 2.87. The van der Waals surface area contributed by atoms with Crippen LogP contribution in [0.2, 0.25) is 0 Å². The third kappa shape index (κ3) is 10.8. The molecule has 67 heavy (non-hydrogen) atoms. The van der Waals surface area contributed by atoms with Crippen LogP contribution in [-0.4, -0.2) is 75.1 Å². The minimum atomic E-state index is -4.56. The van der Waals surface area contributed by atoms with Crippen molar-refractivity contribution in [3.8, 4) is 22.5 Å². The summed E-state index contributed by atoms with van der Waals surface area (Å²) in [4.78, 5) is 97.4. The number of carbonyl (C=O) groups excluding carboxylic acids is 1. The van der Waals surface area contributed by atoms with Crippen LogP contribution in [-0.2, 0) is 49.1 Å². The van der Waals surface area contributed by atoms with E-state index in [1.54, 1.807) is 18.2 Å². The molecule has 0 aliphatic heterocycles. The molecule has 0 fully saturated rings. The van der Waals surface area contributed by atoms with Crippen molar-refractivity contribution in [3.05, 3.63) is 138 Å². The van der Waals surface area contributed by atoms with E-state index in [0.29, 0.717) is 11.3 Å². The van der Waals surface area contributed by atoms with E-state index in [9.17, 15) is 55.1 Å². The third-order valence-corrected chi connectivity index (χ3v) is 9.54. The molecule has 0 unspecified atom stereocenters. The fourth-order valence-electron chi connectivity index (χ4n) is 6.29. The number of hydrogen-bond acceptors (Lipinski definition) is 13. The van der Waals surface area contributed by atoms with E-state index < -0.39 is 57.9 Å². The first-order valence-electron chi connectivity index (χ1n) is 19.0. The number of pyridine rings is 4. The first-order chi connectivity index (χ1) is 31.4. The minimum absolute atomic E-state index is 0.0411. The zero-order chi connectivity index (χ0) is 49.1. The van der Waals surface area contributed by atoms with Crippen LogP contribution in [0.1, 0.15) is 22.5 Å². The normalized spacial score (nSPS) is 11.4. The van der Waals surface area contributed by atoms with Gasteiger partial charge in [0.1, 0.15) is 24.7 Å². The fraction of sp³-hybridized carbons (Fsp3) is 0.200. The molecule has 0 atom stereocenters. The molecule has 8 aromatic heterocycles. The largest absolute Gasteiger partial charge is 0.480 e. The maximum atomic E-state index is 13.2. The van der Waals surface area contributed by atoms with E-state index in [2.05, 4.69) is 45.2 Å². The molecule has 0 spiro atoms. The zero-order valence-electron chi connectivity index (χ0n) is 35.1. The van der Waals surface area contributed by atoms with Crippen LogP contribution in [0.5, 0.6) is 0 Å². The van der Waals surface area contributed by atoms with E-state index >= 15 is 0 Å². The van der Waals surface area contributed by atoms with Crippen molar-refractivity contribution >= 4 is 45.8 Å². The van der Waals surface area contributed by atoms with Gasteiger partial charge in [-0.15, -0.1) is 0 Å². The zero-order valence-corrected chi connectivity index (χ0v) is 35.1. The predicted molar refractivity (Wildman–Crippen MR) is 226 cm³/mol. The number of aliphatic carboxylic acids is 1. The highest BCUT2D eigenvalue weighted by Crippen LogP contribution is 2.34. The number of halogens is 6. The number of amides is 1. The molecule has 0 aliphatic carbocycles. The van der Waals surface area contributed by atoms with Crippen molar-refractivity contribution in [2.75, 3.05) is 11.1 Å². The molecule has 8 aromatic rings. The summed E-state index contributed by atoms with van der Waals surface area (Å²) in [5, 5.41) is 11.2. The van der Waals surface area contributed by atoms with Crippen LogP contribution < -0.4 is 33.5 Å². The van der Waals surface area contributed by atoms with Crippen molar-refractivity contribution in [1.29, 1.82) is 0 Å². The number of carboxylic acids is 1. The van der Waals surface area contributed by atoms with E-state index in [1.807, 2.05) is 0 Å². The number of rotatable bonds is 7. The van der Waals surface area contributed by atoms with Crippen LogP contribution >= 0.6 is 0 Å². The molecule has 0 aromatic carbocycles. The molecule has 27 heteroatoms. The summed E-state index contributed by atoms with van der Waals surface area (Å²) < 4.78 is 82.5. The highest BCUT2D eigenvalue weighted by Gasteiger charge is 2.34. The van der Waals surface area contributed by atoms with Crippen molar-refractivity contribution in [2.45, 2.75) is 39.3 Å². The minimum Gasteiger partial charge on any atom is -0.480 e. The average Bonchev–Trinajstić information content (AvgIpc) is 3.87. The molecular weight excluding hydrogens is 903 g/mol. The summed E-state index contributed by atoms with van der Waals surface area (Å²) in [6.45, 7) is 1.89. The van der Waals surface area contributed by atoms with Crippen molar-refractivity contribution in [3.63, 3.8) is 0 Å². The van der Waals surface area contributed by atoms with Crippen LogP contribution in [0.3, 0.4) is 0 Å². The Morgan fingerprint density at radius 1 is 0.687 bits per heavy atom. The molecule has 1 amide bonds. The van der Waals surface area contributed by atoms with E-state index in [0.717, 1.165) is 21.3 Å². The standard InChI is InChI=1S/C20H16F3N7O3.C12H10F3N3.C8H8N4O4/c1-10-12(20(21,22)23)6-11(7-24-10)13-4-3-5-14(26-13)27-15(31)8-30-9-25-17-16(30)18(32)28-19(33)29(17)2;1-7-9(12(13,14)15)5-8(6-17-7)10-3-2-4-11(16)18-10;1-11-6-5(7(15)10-8(11)16)12(3-9-6)2-4(13)14/h3-7,9H,8H2,1-2H3,(H,26,27,31)(H,28,32,33);2-6H,1H3,(H2,16,18);3H,2H2,1H3,(H,13,14)(H,10,15,16). The number of fused-ring (bicyclic) bond motifs is 2. The highest BCUT2D eigenvalue weighted by atomic mass is 19.4. The SMILES string of the molecule is Cc1ncc(-c2cccc(N)n2)cc1C(F)(F)F.Cc1ncc(-c2cccc(NC(=O)Cn3cnc4c3c(=O)[nH]c(=O)n4C)n2)cc1C(F)(F)F.Cn1c(=O)[nH]c(=O)c2c1ncn2CC(=O)O. The van der Waals surface area contributed by atoms with Gasteiger partial charge in [0, 0.05) is 49.0 Å². The smallest absolute Gasteiger partial charge is 0.418 e. The Bertz CT molecular complexity index is 3440. The van der Waals surface area contributed by atoms with Gasteiger partial charge in [-0.3, -0.25) is 48.2 Å².